The van der Waals surface area contributed by atoms with E-state index in [-0.39, 0.29) is 17.1 Å². The smallest absolute Gasteiger partial charge is 0.234 e. The first-order valence-electron chi connectivity index (χ1n) is 11.0. The number of amides is 1. The summed E-state index contributed by atoms with van der Waals surface area (Å²) in [5, 5.41) is 3.08. The lowest BCUT2D eigenvalue weighted by Crippen LogP contribution is -2.41. The number of aliphatic imine (C=N–C) groups is 1. The molecule has 1 amide bonds. The van der Waals surface area contributed by atoms with E-state index in [2.05, 4.69) is 19.2 Å². The molecule has 2 aromatic rings. The number of carbonyl (C=O) groups is 2. The Morgan fingerprint density at radius 3 is 2.47 bits per heavy atom. The highest BCUT2D eigenvalue weighted by molar-refractivity contribution is 6.13. The van der Waals surface area contributed by atoms with Gasteiger partial charge in [0.1, 0.15) is 5.75 Å². The SMILES string of the molecule is COc1ccccc1[C@@H]1C2=C(CC(C)(C)CC2=O)N=C(C)C1C(=O)Nc1ccccc1C. The van der Waals surface area contributed by atoms with E-state index in [0.717, 1.165) is 28.2 Å². The van der Waals surface area contributed by atoms with Crippen molar-refractivity contribution in [3.05, 3.63) is 70.9 Å². The van der Waals surface area contributed by atoms with Gasteiger partial charge < -0.3 is 10.1 Å². The van der Waals surface area contributed by atoms with Gasteiger partial charge in [0.15, 0.2) is 5.78 Å². The highest BCUT2D eigenvalue weighted by Gasteiger charge is 2.46. The van der Waals surface area contributed by atoms with Crippen molar-refractivity contribution in [3.8, 4) is 5.75 Å². The van der Waals surface area contributed by atoms with Gasteiger partial charge in [0.05, 0.1) is 13.0 Å². The maximum atomic E-state index is 13.7. The van der Waals surface area contributed by atoms with Gasteiger partial charge in [-0.15, -0.1) is 0 Å². The van der Waals surface area contributed by atoms with E-state index in [4.69, 9.17) is 9.73 Å². The van der Waals surface area contributed by atoms with E-state index in [1.165, 1.54) is 0 Å². The Bertz CT molecular complexity index is 1140. The highest BCUT2D eigenvalue weighted by Crippen LogP contribution is 2.49. The number of benzene rings is 2. The third-order valence-corrected chi connectivity index (χ3v) is 6.46. The molecule has 2 aromatic carbocycles. The molecule has 2 atom stereocenters. The number of ether oxygens (including phenoxy) is 1. The van der Waals surface area contributed by atoms with E-state index >= 15 is 0 Å². The van der Waals surface area contributed by atoms with E-state index in [0.29, 0.717) is 24.2 Å². The van der Waals surface area contributed by atoms with Crippen molar-refractivity contribution in [2.45, 2.75) is 46.5 Å². The Morgan fingerprint density at radius 2 is 1.75 bits per heavy atom. The van der Waals surface area contributed by atoms with Crippen molar-refractivity contribution >= 4 is 23.1 Å². The van der Waals surface area contributed by atoms with E-state index in [1.807, 2.05) is 62.4 Å². The summed E-state index contributed by atoms with van der Waals surface area (Å²) >= 11 is 0. The summed E-state index contributed by atoms with van der Waals surface area (Å²) in [6.45, 7) is 8.03. The number of methoxy groups -OCH3 is 1. The van der Waals surface area contributed by atoms with Crippen LogP contribution in [0.2, 0.25) is 0 Å². The second kappa shape index (κ2) is 8.38. The molecule has 166 valence electrons. The topological polar surface area (TPSA) is 67.8 Å². The fraction of sp³-hybridized carbons (Fsp3) is 0.370. The summed E-state index contributed by atoms with van der Waals surface area (Å²) in [6, 6.07) is 15.3. The fourth-order valence-electron chi connectivity index (χ4n) is 4.97. The molecule has 4 rings (SSSR count). The van der Waals surface area contributed by atoms with Crippen LogP contribution in [-0.4, -0.2) is 24.5 Å². The van der Waals surface area contributed by atoms with Crippen molar-refractivity contribution in [2.75, 3.05) is 12.4 Å². The minimum Gasteiger partial charge on any atom is -0.496 e. The van der Waals surface area contributed by atoms with Gasteiger partial charge in [0.2, 0.25) is 5.91 Å². The summed E-state index contributed by atoms with van der Waals surface area (Å²) in [5.41, 5.74) is 4.62. The zero-order valence-corrected chi connectivity index (χ0v) is 19.4. The average molecular weight is 431 g/mol. The van der Waals surface area contributed by atoms with Crippen LogP contribution >= 0.6 is 0 Å². The molecule has 1 unspecified atom stereocenters. The van der Waals surface area contributed by atoms with Gasteiger partial charge >= 0.3 is 0 Å². The Kier molecular flexibility index (Phi) is 5.76. The molecule has 5 nitrogen and oxygen atoms in total. The van der Waals surface area contributed by atoms with Crippen molar-refractivity contribution < 1.29 is 14.3 Å². The number of Topliss-reactive ketones (excluding diaryl/α,β-unsaturated/α-hetero) is 1. The zero-order chi connectivity index (χ0) is 23.0. The molecule has 1 aliphatic carbocycles. The molecule has 1 heterocycles. The number of nitrogens with zero attached hydrogens (tertiary/aromatic N) is 1. The number of hydrogen-bond acceptors (Lipinski definition) is 4. The lowest BCUT2D eigenvalue weighted by molar-refractivity contribution is -0.119. The molecule has 5 heteroatoms. The van der Waals surface area contributed by atoms with Crippen molar-refractivity contribution in [2.24, 2.45) is 16.3 Å². The Hall–Kier alpha value is -3.21. The molecule has 0 spiro atoms. The summed E-state index contributed by atoms with van der Waals surface area (Å²) in [7, 11) is 1.62. The normalized spacial score (nSPS) is 22.2. The second-order valence-electron chi connectivity index (χ2n) is 9.56. The first-order valence-corrected chi connectivity index (χ1v) is 11.0. The molecule has 0 bridgehead atoms. The summed E-state index contributed by atoms with van der Waals surface area (Å²) in [5.74, 6) is -0.468. The van der Waals surface area contributed by atoms with Crippen LogP contribution in [0, 0.1) is 18.3 Å². The van der Waals surface area contributed by atoms with Crippen LogP contribution in [0.3, 0.4) is 0 Å². The van der Waals surface area contributed by atoms with Crippen LogP contribution in [0.4, 0.5) is 5.69 Å². The van der Waals surface area contributed by atoms with Gasteiger partial charge in [-0.1, -0.05) is 50.2 Å². The Labute approximate surface area is 189 Å². The molecule has 32 heavy (non-hydrogen) atoms. The van der Waals surface area contributed by atoms with Gasteiger partial charge in [-0.3, -0.25) is 14.6 Å². The molecular formula is C27H30N2O3. The number of carbonyl (C=O) groups excluding carboxylic acids is 2. The molecule has 2 aliphatic rings. The lowest BCUT2D eigenvalue weighted by atomic mass is 9.66. The minimum absolute atomic E-state index is 0.0668. The molecule has 1 aliphatic heterocycles. The van der Waals surface area contributed by atoms with Crippen molar-refractivity contribution in [3.63, 3.8) is 0 Å². The second-order valence-corrected chi connectivity index (χ2v) is 9.56. The number of rotatable bonds is 4. The maximum Gasteiger partial charge on any atom is 0.234 e. The van der Waals surface area contributed by atoms with Crippen LogP contribution in [0.5, 0.6) is 5.75 Å². The number of allylic oxidation sites excluding steroid dienone is 2. The van der Waals surface area contributed by atoms with Gasteiger partial charge in [0, 0.05) is 40.6 Å². The number of nitrogens with one attached hydrogen (secondary N) is 1. The molecule has 0 aromatic heterocycles. The Balaban J connectivity index is 1.85. The standard InChI is InChI=1S/C27H30N2O3/c1-16-10-6-8-12-19(16)29-26(31)23-17(2)28-20-14-27(3,4)15-21(30)25(20)24(23)18-11-7-9-13-22(18)32-5/h6-13,23-24H,14-15H2,1-5H3,(H,29,31)/t23?,24-/m0/s1. The predicted octanol–water partition coefficient (Wildman–Crippen LogP) is 5.46. The third-order valence-electron chi connectivity index (χ3n) is 6.46. The number of hydrogen-bond donors (Lipinski definition) is 1. The van der Waals surface area contributed by atoms with Gasteiger partial charge in [-0.25, -0.2) is 0 Å². The van der Waals surface area contributed by atoms with Crippen LogP contribution in [0.15, 0.2) is 64.8 Å². The van der Waals surface area contributed by atoms with Crippen LogP contribution < -0.4 is 10.1 Å². The monoisotopic (exact) mass is 430 g/mol. The van der Waals surface area contributed by atoms with E-state index in [1.54, 1.807) is 7.11 Å². The summed E-state index contributed by atoms with van der Waals surface area (Å²) in [4.78, 5) is 31.9. The number of ketones is 1. The van der Waals surface area contributed by atoms with E-state index in [9.17, 15) is 9.59 Å². The molecule has 0 saturated heterocycles. The fourth-order valence-corrected chi connectivity index (χ4v) is 4.97. The molecule has 0 radical (unpaired) electrons. The highest BCUT2D eigenvalue weighted by atomic mass is 16.5. The molecule has 0 fully saturated rings. The predicted molar refractivity (Wildman–Crippen MR) is 127 cm³/mol. The Morgan fingerprint density at radius 1 is 1.06 bits per heavy atom. The number of aryl methyl sites for hydroxylation is 1. The zero-order valence-electron chi connectivity index (χ0n) is 19.4. The third kappa shape index (κ3) is 3.99. The van der Waals surface area contributed by atoms with Gasteiger partial charge in [-0.2, -0.15) is 0 Å². The molecule has 1 N–H and O–H groups in total. The van der Waals surface area contributed by atoms with Gasteiger partial charge in [-0.05, 0) is 43.4 Å². The largest absolute Gasteiger partial charge is 0.496 e. The summed E-state index contributed by atoms with van der Waals surface area (Å²) < 4.78 is 5.65. The first-order chi connectivity index (χ1) is 15.2. The van der Waals surface area contributed by atoms with Crippen LogP contribution in [-0.2, 0) is 9.59 Å². The average Bonchev–Trinajstić information content (AvgIpc) is 2.73. The minimum atomic E-state index is -0.602. The lowest BCUT2D eigenvalue weighted by Gasteiger charge is -2.39. The quantitative estimate of drug-likeness (QED) is 0.700. The summed E-state index contributed by atoms with van der Waals surface area (Å²) in [6.07, 6.45) is 1.15. The van der Waals surface area contributed by atoms with Crippen LogP contribution in [0.1, 0.15) is 50.7 Å². The van der Waals surface area contributed by atoms with Crippen molar-refractivity contribution in [1.29, 1.82) is 0 Å². The molecule has 0 saturated carbocycles. The van der Waals surface area contributed by atoms with E-state index < -0.39 is 11.8 Å². The number of para-hydroxylation sites is 2. The molecular weight excluding hydrogens is 400 g/mol. The van der Waals surface area contributed by atoms with Gasteiger partial charge in [0.25, 0.3) is 0 Å². The number of anilines is 1. The first kappa shape index (κ1) is 22.0. The van der Waals surface area contributed by atoms with Crippen LogP contribution in [0.25, 0.3) is 0 Å². The maximum absolute atomic E-state index is 13.7. The van der Waals surface area contributed by atoms with Crippen molar-refractivity contribution in [1.82, 2.24) is 0 Å².